The maximum atomic E-state index is 10.2. The van der Waals surface area contributed by atoms with Gasteiger partial charge in [-0.05, 0) is 17.7 Å². The fourth-order valence-electron chi connectivity index (χ4n) is 1.97. The molecule has 102 valence electrons. The van der Waals surface area contributed by atoms with E-state index in [4.69, 9.17) is 5.73 Å². The summed E-state index contributed by atoms with van der Waals surface area (Å²) in [5, 5.41) is 14.6. The Hall–Kier alpha value is -1.88. The first kappa shape index (κ1) is 13.5. The van der Waals surface area contributed by atoms with Crippen LogP contribution in [0.15, 0.2) is 24.3 Å². The highest BCUT2D eigenvalue weighted by molar-refractivity contribution is 5.39. The molecule has 5 heteroatoms. The molecule has 0 saturated carbocycles. The Kier molecular flexibility index (Phi) is 4.16. The second kappa shape index (κ2) is 5.84. The second-order valence-corrected chi connectivity index (χ2v) is 4.52. The number of hydrogen-bond donors (Lipinski definition) is 2. The first-order valence-electron chi connectivity index (χ1n) is 6.60. The average molecular weight is 260 g/mol. The van der Waals surface area contributed by atoms with Crippen LogP contribution in [0.2, 0.25) is 0 Å². The number of hydrogen-bond acceptors (Lipinski definition) is 4. The summed E-state index contributed by atoms with van der Waals surface area (Å²) >= 11 is 0. The zero-order chi connectivity index (χ0) is 13.8. The van der Waals surface area contributed by atoms with E-state index in [1.165, 1.54) is 0 Å². The van der Waals surface area contributed by atoms with Crippen molar-refractivity contribution in [2.75, 3.05) is 5.73 Å². The van der Waals surface area contributed by atoms with Gasteiger partial charge in [-0.2, -0.15) is 5.10 Å². The SMILES string of the molecule is CCc1nc(CC)n(CC(O)c2ccc(N)cc2)n1. The van der Waals surface area contributed by atoms with Crippen LogP contribution in [0.4, 0.5) is 5.69 Å². The Morgan fingerprint density at radius 2 is 1.89 bits per heavy atom. The number of anilines is 1. The molecule has 0 aliphatic rings. The lowest BCUT2D eigenvalue weighted by Crippen LogP contribution is -2.13. The van der Waals surface area contributed by atoms with Crippen LogP contribution in [0.3, 0.4) is 0 Å². The van der Waals surface area contributed by atoms with Gasteiger partial charge in [0.1, 0.15) is 5.82 Å². The number of aliphatic hydroxyl groups is 1. The standard InChI is InChI=1S/C14H20N4O/c1-3-13-16-14(4-2)18(17-13)9-12(19)10-5-7-11(15)8-6-10/h5-8,12,19H,3-4,9,15H2,1-2H3. The van der Waals surface area contributed by atoms with Crippen molar-refractivity contribution in [3.8, 4) is 0 Å². The predicted octanol–water partition coefficient (Wildman–Crippen LogP) is 1.72. The Bertz CT molecular complexity index is 533. The number of aryl methyl sites for hydroxylation is 2. The third kappa shape index (κ3) is 3.12. The van der Waals surface area contributed by atoms with Crippen LogP contribution >= 0.6 is 0 Å². The molecule has 2 rings (SSSR count). The topological polar surface area (TPSA) is 77.0 Å². The van der Waals surface area contributed by atoms with E-state index < -0.39 is 6.10 Å². The minimum absolute atomic E-state index is 0.417. The molecule has 2 aromatic rings. The van der Waals surface area contributed by atoms with Crippen LogP contribution in [-0.4, -0.2) is 19.9 Å². The van der Waals surface area contributed by atoms with Crippen LogP contribution in [0, 0.1) is 0 Å². The zero-order valence-corrected chi connectivity index (χ0v) is 11.4. The number of benzene rings is 1. The van der Waals surface area contributed by atoms with E-state index in [-0.39, 0.29) is 0 Å². The quantitative estimate of drug-likeness (QED) is 0.802. The Morgan fingerprint density at radius 3 is 2.47 bits per heavy atom. The van der Waals surface area contributed by atoms with Crippen molar-refractivity contribution in [2.45, 2.75) is 39.3 Å². The smallest absolute Gasteiger partial charge is 0.150 e. The van der Waals surface area contributed by atoms with E-state index in [1.54, 1.807) is 16.8 Å². The van der Waals surface area contributed by atoms with Gasteiger partial charge in [0.15, 0.2) is 5.82 Å². The third-order valence-corrected chi connectivity index (χ3v) is 3.09. The summed E-state index contributed by atoms with van der Waals surface area (Å²) < 4.78 is 1.79. The van der Waals surface area contributed by atoms with Crippen molar-refractivity contribution in [3.63, 3.8) is 0 Å². The molecule has 0 aliphatic carbocycles. The molecule has 3 N–H and O–H groups in total. The van der Waals surface area contributed by atoms with Gasteiger partial charge in [0.25, 0.3) is 0 Å². The Balaban J connectivity index is 2.15. The van der Waals surface area contributed by atoms with Crippen molar-refractivity contribution in [2.24, 2.45) is 0 Å². The van der Waals surface area contributed by atoms with Gasteiger partial charge < -0.3 is 10.8 Å². The first-order chi connectivity index (χ1) is 9.13. The van der Waals surface area contributed by atoms with E-state index in [2.05, 4.69) is 10.1 Å². The highest BCUT2D eigenvalue weighted by Gasteiger charge is 2.13. The molecule has 5 nitrogen and oxygen atoms in total. The number of nitrogens with two attached hydrogens (primary N) is 1. The van der Waals surface area contributed by atoms with E-state index in [1.807, 2.05) is 26.0 Å². The van der Waals surface area contributed by atoms with E-state index in [0.717, 1.165) is 30.1 Å². The number of rotatable bonds is 5. The molecule has 0 spiro atoms. The lowest BCUT2D eigenvalue weighted by Gasteiger charge is -2.12. The van der Waals surface area contributed by atoms with Gasteiger partial charge in [-0.15, -0.1) is 0 Å². The molecule has 0 bridgehead atoms. The lowest BCUT2D eigenvalue weighted by molar-refractivity contribution is 0.150. The van der Waals surface area contributed by atoms with Crippen LogP contribution < -0.4 is 5.73 Å². The summed E-state index contributed by atoms with van der Waals surface area (Å²) in [7, 11) is 0. The maximum Gasteiger partial charge on any atom is 0.150 e. The van der Waals surface area contributed by atoms with E-state index in [9.17, 15) is 5.11 Å². The van der Waals surface area contributed by atoms with Crippen LogP contribution in [0.25, 0.3) is 0 Å². The monoisotopic (exact) mass is 260 g/mol. The second-order valence-electron chi connectivity index (χ2n) is 4.52. The molecular weight excluding hydrogens is 240 g/mol. The molecule has 1 aromatic heterocycles. The van der Waals surface area contributed by atoms with Gasteiger partial charge in [-0.25, -0.2) is 9.67 Å². The summed E-state index contributed by atoms with van der Waals surface area (Å²) in [6, 6.07) is 7.25. The van der Waals surface area contributed by atoms with Gasteiger partial charge >= 0.3 is 0 Å². The molecule has 19 heavy (non-hydrogen) atoms. The lowest BCUT2D eigenvalue weighted by atomic mass is 10.1. The average Bonchev–Trinajstić information content (AvgIpc) is 2.81. The Labute approximate surface area is 113 Å². The predicted molar refractivity (Wildman–Crippen MR) is 74.6 cm³/mol. The molecule has 0 saturated heterocycles. The number of aliphatic hydroxyl groups excluding tert-OH is 1. The normalized spacial score (nSPS) is 12.6. The van der Waals surface area contributed by atoms with Gasteiger partial charge in [0, 0.05) is 18.5 Å². The maximum absolute atomic E-state index is 10.2. The van der Waals surface area contributed by atoms with Gasteiger partial charge in [-0.1, -0.05) is 26.0 Å². The van der Waals surface area contributed by atoms with Gasteiger partial charge in [0.05, 0.1) is 12.6 Å². The molecule has 0 fully saturated rings. The minimum atomic E-state index is -0.600. The van der Waals surface area contributed by atoms with Crippen LogP contribution in [0.5, 0.6) is 0 Å². The van der Waals surface area contributed by atoms with Crippen molar-refractivity contribution in [3.05, 3.63) is 41.5 Å². The number of nitrogen functional groups attached to an aromatic ring is 1. The molecular formula is C14H20N4O. The molecule has 0 aliphatic heterocycles. The van der Waals surface area contributed by atoms with Gasteiger partial charge in [0.2, 0.25) is 0 Å². The molecule has 0 amide bonds. The molecule has 1 heterocycles. The summed E-state index contributed by atoms with van der Waals surface area (Å²) in [6.45, 7) is 4.48. The van der Waals surface area contributed by atoms with Gasteiger partial charge in [-0.3, -0.25) is 0 Å². The summed E-state index contributed by atoms with van der Waals surface area (Å²) in [4.78, 5) is 4.43. The first-order valence-corrected chi connectivity index (χ1v) is 6.60. The Morgan fingerprint density at radius 1 is 1.21 bits per heavy atom. The fourth-order valence-corrected chi connectivity index (χ4v) is 1.97. The molecule has 0 radical (unpaired) electrons. The number of nitrogens with zero attached hydrogens (tertiary/aromatic N) is 3. The molecule has 1 aromatic carbocycles. The number of aromatic nitrogens is 3. The van der Waals surface area contributed by atoms with Crippen molar-refractivity contribution < 1.29 is 5.11 Å². The van der Waals surface area contributed by atoms with Crippen LogP contribution in [0.1, 0.15) is 37.2 Å². The van der Waals surface area contributed by atoms with Crippen molar-refractivity contribution in [1.29, 1.82) is 0 Å². The third-order valence-electron chi connectivity index (χ3n) is 3.09. The minimum Gasteiger partial charge on any atom is -0.399 e. The fraction of sp³-hybridized carbons (Fsp3) is 0.429. The summed E-state index contributed by atoms with van der Waals surface area (Å²) in [5.41, 5.74) is 7.17. The largest absolute Gasteiger partial charge is 0.399 e. The molecule has 1 unspecified atom stereocenters. The van der Waals surface area contributed by atoms with E-state index >= 15 is 0 Å². The highest BCUT2D eigenvalue weighted by Crippen LogP contribution is 2.17. The highest BCUT2D eigenvalue weighted by atomic mass is 16.3. The van der Waals surface area contributed by atoms with Crippen molar-refractivity contribution >= 4 is 5.69 Å². The summed E-state index contributed by atoms with van der Waals surface area (Å²) in [5.74, 6) is 1.73. The van der Waals surface area contributed by atoms with Crippen LogP contribution in [-0.2, 0) is 19.4 Å². The van der Waals surface area contributed by atoms with Crippen molar-refractivity contribution in [1.82, 2.24) is 14.8 Å². The molecule has 1 atom stereocenters. The zero-order valence-electron chi connectivity index (χ0n) is 11.4. The summed E-state index contributed by atoms with van der Waals surface area (Å²) in [6.07, 6.45) is 1.01. The van der Waals surface area contributed by atoms with E-state index in [0.29, 0.717) is 12.2 Å².